The number of rotatable bonds is 6. The average Bonchev–Trinajstić information content (AvgIpc) is 3.36. The molecule has 0 aromatic heterocycles. The van der Waals surface area contributed by atoms with Crippen molar-refractivity contribution in [1.82, 2.24) is 4.31 Å². The molecule has 1 fully saturated rings. The number of nitrogens with zero attached hydrogens (tertiary/aromatic N) is 1. The smallest absolute Gasteiger partial charge is 0.282 e. The minimum absolute atomic E-state index is 0.0540. The van der Waals surface area contributed by atoms with Gasteiger partial charge in [-0.2, -0.15) is 4.31 Å². The molecule has 0 spiro atoms. The molecular formula is C24H30N3O3S+. The highest BCUT2D eigenvalue weighted by Gasteiger charge is 2.28. The molecule has 6 nitrogen and oxygen atoms in total. The molecule has 164 valence electrons. The van der Waals surface area contributed by atoms with Crippen molar-refractivity contribution in [2.45, 2.75) is 37.1 Å². The molecule has 31 heavy (non-hydrogen) atoms. The van der Waals surface area contributed by atoms with E-state index < -0.39 is 10.0 Å². The van der Waals surface area contributed by atoms with Crippen LogP contribution < -0.4 is 10.2 Å². The van der Waals surface area contributed by atoms with E-state index in [1.165, 1.54) is 20.3 Å². The van der Waals surface area contributed by atoms with Gasteiger partial charge in [0.05, 0.1) is 18.0 Å². The zero-order chi connectivity index (χ0) is 21.8. The maximum absolute atomic E-state index is 12.8. The number of sulfonamides is 1. The molecule has 1 saturated heterocycles. The predicted molar refractivity (Wildman–Crippen MR) is 122 cm³/mol. The van der Waals surface area contributed by atoms with Gasteiger partial charge in [0, 0.05) is 25.2 Å². The zero-order valence-corrected chi connectivity index (χ0v) is 18.7. The first kappa shape index (κ1) is 21.7. The molecule has 0 bridgehead atoms. The lowest BCUT2D eigenvalue weighted by molar-refractivity contribution is -0.909. The van der Waals surface area contributed by atoms with Gasteiger partial charge >= 0.3 is 0 Å². The predicted octanol–water partition coefficient (Wildman–Crippen LogP) is 2.17. The minimum Gasteiger partial charge on any atom is -0.321 e. The number of amides is 1. The number of hydrogen-bond acceptors (Lipinski definition) is 3. The van der Waals surface area contributed by atoms with Crippen LogP contribution in [-0.2, 0) is 14.8 Å². The Morgan fingerprint density at radius 3 is 2.32 bits per heavy atom. The van der Waals surface area contributed by atoms with Crippen LogP contribution in [-0.4, -0.2) is 50.9 Å². The Hall–Kier alpha value is -2.48. The first-order chi connectivity index (χ1) is 14.9. The van der Waals surface area contributed by atoms with E-state index in [2.05, 4.69) is 23.5 Å². The molecule has 0 saturated carbocycles. The molecule has 2 N–H and O–H groups in total. The van der Waals surface area contributed by atoms with Crippen molar-refractivity contribution in [3.8, 4) is 0 Å². The fourth-order valence-corrected chi connectivity index (χ4v) is 5.80. The Bertz CT molecular complexity index is 1040. The first-order valence-electron chi connectivity index (χ1n) is 11.0. The van der Waals surface area contributed by atoms with Crippen molar-refractivity contribution in [1.29, 1.82) is 0 Å². The van der Waals surface area contributed by atoms with Crippen LogP contribution in [0.15, 0.2) is 65.6 Å². The standard InChI is InChI=1S/C24H29N3O3S/c1-19(26-17-13-21(14-18-26)20-7-3-2-4-8-20)24(28)25-22-9-11-23(12-10-22)31(29,30)27-15-5-6-16-27/h2-4,7-13,19H,5-6,14-18H2,1H3,(H,25,28)/p+1/t19-/m0/s1. The Kier molecular flexibility index (Phi) is 6.55. The Labute approximate surface area is 184 Å². The molecule has 2 aliphatic rings. The maximum Gasteiger partial charge on any atom is 0.282 e. The summed E-state index contributed by atoms with van der Waals surface area (Å²) in [6.45, 7) is 4.82. The molecule has 1 amide bonds. The highest BCUT2D eigenvalue weighted by atomic mass is 32.2. The molecule has 2 aromatic rings. The second kappa shape index (κ2) is 9.34. The highest BCUT2D eigenvalue weighted by molar-refractivity contribution is 7.89. The molecule has 4 rings (SSSR count). The van der Waals surface area contributed by atoms with Gasteiger partial charge in [-0.15, -0.1) is 0 Å². The molecular weight excluding hydrogens is 410 g/mol. The van der Waals surface area contributed by atoms with Crippen molar-refractivity contribution in [2.24, 2.45) is 0 Å². The van der Waals surface area contributed by atoms with Crippen molar-refractivity contribution in [2.75, 3.05) is 31.5 Å². The van der Waals surface area contributed by atoms with Crippen LogP contribution >= 0.6 is 0 Å². The van der Waals surface area contributed by atoms with Gasteiger partial charge in [0.1, 0.15) is 0 Å². The maximum atomic E-state index is 12.8. The van der Waals surface area contributed by atoms with Gasteiger partial charge in [0.15, 0.2) is 6.04 Å². The van der Waals surface area contributed by atoms with E-state index in [0.29, 0.717) is 18.8 Å². The van der Waals surface area contributed by atoms with Crippen molar-refractivity contribution in [3.05, 3.63) is 66.2 Å². The molecule has 7 heteroatoms. The number of quaternary nitrogens is 1. The van der Waals surface area contributed by atoms with Gasteiger partial charge in [-0.25, -0.2) is 8.42 Å². The summed E-state index contributed by atoms with van der Waals surface area (Å²) in [5, 5.41) is 2.94. The van der Waals surface area contributed by atoms with Crippen molar-refractivity contribution in [3.63, 3.8) is 0 Å². The monoisotopic (exact) mass is 440 g/mol. The third-order valence-electron chi connectivity index (χ3n) is 6.30. The number of carbonyl (C=O) groups is 1. The highest BCUT2D eigenvalue weighted by Crippen LogP contribution is 2.22. The number of nitrogens with one attached hydrogen (secondary N) is 2. The fraction of sp³-hybridized carbons (Fsp3) is 0.375. The molecule has 0 aliphatic carbocycles. The van der Waals surface area contributed by atoms with Gasteiger partial charge in [-0.3, -0.25) is 4.79 Å². The summed E-state index contributed by atoms with van der Waals surface area (Å²) < 4.78 is 26.8. The van der Waals surface area contributed by atoms with Gasteiger partial charge in [0.2, 0.25) is 10.0 Å². The third kappa shape index (κ3) is 4.89. The largest absolute Gasteiger partial charge is 0.321 e. The lowest BCUT2D eigenvalue weighted by Crippen LogP contribution is -3.17. The van der Waals surface area contributed by atoms with Crippen LogP contribution in [0.1, 0.15) is 31.7 Å². The molecule has 2 aliphatic heterocycles. The van der Waals surface area contributed by atoms with E-state index in [9.17, 15) is 13.2 Å². The molecule has 2 heterocycles. The number of benzene rings is 2. The van der Waals surface area contributed by atoms with Crippen molar-refractivity contribution < 1.29 is 18.1 Å². The summed E-state index contributed by atoms with van der Waals surface area (Å²) >= 11 is 0. The van der Waals surface area contributed by atoms with Crippen LogP contribution in [0.5, 0.6) is 0 Å². The van der Waals surface area contributed by atoms with Crippen molar-refractivity contribution >= 4 is 27.2 Å². The zero-order valence-electron chi connectivity index (χ0n) is 17.9. The summed E-state index contributed by atoms with van der Waals surface area (Å²) in [6, 6.07) is 16.7. The summed E-state index contributed by atoms with van der Waals surface area (Å²) in [4.78, 5) is 14.3. The summed E-state index contributed by atoms with van der Waals surface area (Å²) in [7, 11) is -3.44. The van der Waals surface area contributed by atoms with Crippen LogP contribution in [0.2, 0.25) is 0 Å². The molecule has 2 atom stereocenters. The van der Waals surface area contributed by atoms with Gasteiger partial charge in [0.25, 0.3) is 5.91 Å². The van der Waals surface area contributed by atoms with Crippen LogP contribution in [0.4, 0.5) is 5.69 Å². The van der Waals surface area contributed by atoms with Gasteiger partial charge in [-0.05, 0) is 61.2 Å². The Balaban J connectivity index is 1.35. The lowest BCUT2D eigenvalue weighted by Gasteiger charge is -2.28. The van der Waals surface area contributed by atoms with E-state index in [1.807, 2.05) is 25.1 Å². The van der Waals surface area contributed by atoms with Crippen LogP contribution in [0.3, 0.4) is 0 Å². The van der Waals surface area contributed by atoms with E-state index in [0.717, 1.165) is 32.4 Å². The number of hydrogen-bond donors (Lipinski definition) is 2. The van der Waals surface area contributed by atoms with Crippen LogP contribution in [0.25, 0.3) is 5.57 Å². The quantitative estimate of drug-likeness (QED) is 0.723. The molecule has 0 radical (unpaired) electrons. The topological polar surface area (TPSA) is 70.9 Å². The van der Waals surface area contributed by atoms with Gasteiger partial charge < -0.3 is 10.2 Å². The normalized spacial score (nSPS) is 20.8. The number of carbonyl (C=O) groups excluding carboxylic acids is 1. The minimum atomic E-state index is -3.44. The summed E-state index contributed by atoms with van der Waals surface area (Å²) in [5.41, 5.74) is 3.21. The van der Waals surface area contributed by atoms with E-state index in [-0.39, 0.29) is 16.8 Å². The second-order valence-electron chi connectivity index (χ2n) is 8.30. The fourth-order valence-electron chi connectivity index (χ4n) is 4.29. The SMILES string of the molecule is C[C@@H](C(=O)Nc1ccc(S(=O)(=O)N2CCCC2)cc1)[NH+]1CC=C(c2ccccc2)CC1. The summed E-state index contributed by atoms with van der Waals surface area (Å²) in [5.74, 6) is -0.0540. The Morgan fingerprint density at radius 1 is 1.03 bits per heavy atom. The molecule has 1 unspecified atom stereocenters. The molecule has 2 aromatic carbocycles. The third-order valence-corrected chi connectivity index (χ3v) is 8.21. The van der Waals surface area contributed by atoms with Gasteiger partial charge in [-0.1, -0.05) is 30.3 Å². The van der Waals surface area contributed by atoms with Crippen LogP contribution in [0, 0.1) is 0 Å². The van der Waals surface area contributed by atoms with E-state index >= 15 is 0 Å². The van der Waals surface area contributed by atoms with E-state index in [4.69, 9.17) is 0 Å². The number of anilines is 1. The first-order valence-corrected chi connectivity index (χ1v) is 12.4. The average molecular weight is 441 g/mol. The summed E-state index contributed by atoms with van der Waals surface area (Å²) in [6.07, 6.45) is 4.99. The van der Waals surface area contributed by atoms with E-state index in [1.54, 1.807) is 24.3 Å². The lowest BCUT2D eigenvalue weighted by atomic mass is 9.99. The second-order valence-corrected chi connectivity index (χ2v) is 10.2. The Morgan fingerprint density at radius 2 is 1.71 bits per heavy atom.